The maximum atomic E-state index is 14.1. The number of hydrogen-bond acceptors (Lipinski definition) is 2. The van der Waals surface area contributed by atoms with E-state index in [0.29, 0.717) is 29.9 Å². The third kappa shape index (κ3) is 3.79. The van der Waals surface area contributed by atoms with E-state index in [9.17, 15) is 13.6 Å². The number of halogens is 2. The van der Waals surface area contributed by atoms with Gasteiger partial charge in [0.05, 0.1) is 5.69 Å². The van der Waals surface area contributed by atoms with Crippen molar-refractivity contribution in [1.29, 1.82) is 0 Å². The number of carbonyl (C=O) groups is 1. The van der Waals surface area contributed by atoms with E-state index in [0.717, 1.165) is 18.5 Å². The van der Waals surface area contributed by atoms with E-state index in [1.807, 2.05) is 12.1 Å². The lowest BCUT2D eigenvalue weighted by Gasteiger charge is -2.32. The highest BCUT2D eigenvalue weighted by Gasteiger charge is 2.26. The monoisotopic (exact) mass is 378 g/mol. The Morgan fingerprint density at radius 2 is 1.75 bits per heavy atom. The first-order valence-corrected chi connectivity index (χ1v) is 9.38. The van der Waals surface area contributed by atoms with Crippen LogP contribution in [0.2, 0.25) is 0 Å². The first kappa shape index (κ1) is 18.3. The van der Waals surface area contributed by atoms with E-state index in [-0.39, 0.29) is 23.5 Å². The maximum Gasteiger partial charge on any atom is 0.253 e. The van der Waals surface area contributed by atoms with Gasteiger partial charge in [0.25, 0.3) is 5.91 Å². The van der Waals surface area contributed by atoms with Gasteiger partial charge in [-0.3, -0.25) is 9.78 Å². The molecule has 4 rings (SSSR count). The molecule has 2 heterocycles. The quantitative estimate of drug-likeness (QED) is 0.639. The molecule has 3 aromatic rings. The predicted molar refractivity (Wildman–Crippen MR) is 104 cm³/mol. The maximum absolute atomic E-state index is 14.1. The molecule has 142 valence electrons. The molecule has 28 heavy (non-hydrogen) atoms. The second-order valence-corrected chi connectivity index (χ2v) is 7.02. The first-order valence-electron chi connectivity index (χ1n) is 9.38. The summed E-state index contributed by atoms with van der Waals surface area (Å²) in [6.45, 7) is 1.21. The summed E-state index contributed by atoms with van der Waals surface area (Å²) in [6, 6.07) is 17.8. The van der Waals surface area contributed by atoms with Gasteiger partial charge in [-0.05, 0) is 61.4 Å². The highest BCUT2D eigenvalue weighted by Crippen LogP contribution is 2.29. The van der Waals surface area contributed by atoms with Crippen molar-refractivity contribution in [1.82, 2.24) is 9.88 Å². The van der Waals surface area contributed by atoms with Crippen LogP contribution in [0.4, 0.5) is 8.78 Å². The van der Waals surface area contributed by atoms with Crippen molar-refractivity contribution in [3.8, 4) is 11.3 Å². The van der Waals surface area contributed by atoms with Gasteiger partial charge < -0.3 is 4.90 Å². The number of piperidine rings is 1. The molecule has 1 saturated heterocycles. The van der Waals surface area contributed by atoms with Crippen LogP contribution >= 0.6 is 0 Å². The van der Waals surface area contributed by atoms with Gasteiger partial charge in [0, 0.05) is 35.8 Å². The summed E-state index contributed by atoms with van der Waals surface area (Å²) in [7, 11) is 0. The summed E-state index contributed by atoms with van der Waals surface area (Å²) in [6.07, 6.45) is 1.78. The highest BCUT2D eigenvalue weighted by molar-refractivity contribution is 5.94. The van der Waals surface area contributed by atoms with Crippen LogP contribution in [0.1, 0.15) is 34.8 Å². The Balaban J connectivity index is 1.55. The minimum absolute atomic E-state index is 0.0878. The number of aromatic nitrogens is 1. The zero-order valence-electron chi connectivity index (χ0n) is 15.3. The Bertz CT molecular complexity index is 988. The number of benzene rings is 2. The number of amides is 1. The second-order valence-electron chi connectivity index (χ2n) is 7.02. The van der Waals surface area contributed by atoms with Gasteiger partial charge in [-0.25, -0.2) is 8.78 Å². The van der Waals surface area contributed by atoms with E-state index in [1.54, 1.807) is 29.2 Å². The number of rotatable bonds is 3. The molecule has 3 nitrogen and oxygen atoms in total. The fraction of sp³-hybridized carbons (Fsp3) is 0.217. The number of nitrogens with zero attached hydrogens (tertiary/aromatic N) is 2. The summed E-state index contributed by atoms with van der Waals surface area (Å²) >= 11 is 0. The smallest absolute Gasteiger partial charge is 0.253 e. The van der Waals surface area contributed by atoms with Crippen LogP contribution in [0.15, 0.2) is 66.7 Å². The minimum atomic E-state index is -0.359. The lowest BCUT2D eigenvalue weighted by Crippen LogP contribution is -2.39. The van der Waals surface area contributed by atoms with Crippen LogP contribution in [0, 0.1) is 11.6 Å². The van der Waals surface area contributed by atoms with Crippen LogP contribution in [0.3, 0.4) is 0 Å². The Morgan fingerprint density at radius 1 is 0.964 bits per heavy atom. The Morgan fingerprint density at radius 3 is 2.54 bits per heavy atom. The molecule has 2 aromatic carbocycles. The van der Waals surface area contributed by atoms with Crippen molar-refractivity contribution >= 4 is 5.91 Å². The van der Waals surface area contributed by atoms with Gasteiger partial charge in [0.2, 0.25) is 0 Å². The number of likely N-dealkylation sites (tertiary alicyclic amines) is 1. The Kier molecular flexibility index (Phi) is 5.15. The summed E-state index contributed by atoms with van der Waals surface area (Å²) in [4.78, 5) is 19.2. The van der Waals surface area contributed by atoms with Gasteiger partial charge in [-0.1, -0.05) is 18.2 Å². The molecule has 0 saturated carbocycles. The van der Waals surface area contributed by atoms with E-state index in [1.165, 1.54) is 30.3 Å². The first-order chi connectivity index (χ1) is 13.6. The Hall–Kier alpha value is -3.08. The highest BCUT2D eigenvalue weighted by atomic mass is 19.1. The zero-order valence-corrected chi connectivity index (χ0v) is 15.3. The van der Waals surface area contributed by atoms with E-state index >= 15 is 0 Å². The number of carbonyl (C=O) groups excluding carboxylic acids is 1. The lowest BCUT2D eigenvalue weighted by molar-refractivity contribution is 0.0706. The third-order valence-corrected chi connectivity index (χ3v) is 5.14. The van der Waals surface area contributed by atoms with Crippen molar-refractivity contribution in [3.05, 3.63) is 89.6 Å². The average molecular weight is 378 g/mol. The zero-order chi connectivity index (χ0) is 19.5. The molecule has 0 bridgehead atoms. The molecular formula is C23H20F2N2O. The molecule has 1 aliphatic rings. The summed E-state index contributed by atoms with van der Waals surface area (Å²) in [5.74, 6) is -0.675. The molecule has 5 heteroatoms. The normalized spacial score (nSPS) is 16.8. The molecule has 0 radical (unpaired) electrons. The fourth-order valence-electron chi connectivity index (χ4n) is 3.68. The molecule has 1 fully saturated rings. The minimum Gasteiger partial charge on any atom is -0.338 e. The lowest BCUT2D eigenvalue weighted by atomic mass is 9.93. The Labute approximate surface area is 162 Å². The third-order valence-electron chi connectivity index (χ3n) is 5.14. The van der Waals surface area contributed by atoms with Crippen molar-refractivity contribution < 1.29 is 13.6 Å². The molecular weight excluding hydrogens is 358 g/mol. The van der Waals surface area contributed by atoms with Crippen molar-refractivity contribution in [3.63, 3.8) is 0 Å². The SMILES string of the molecule is O=C(c1ccc(F)cc1)N1CCC[C@@H](c2cccc(-c3ccccc3F)n2)C1. The average Bonchev–Trinajstić information content (AvgIpc) is 2.74. The van der Waals surface area contributed by atoms with Gasteiger partial charge in [-0.15, -0.1) is 0 Å². The second kappa shape index (κ2) is 7.89. The predicted octanol–water partition coefficient (Wildman–Crippen LogP) is 5.05. The summed E-state index contributed by atoms with van der Waals surface area (Å²) < 4.78 is 27.2. The van der Waals surface area contributed by atoms with Crippen LogP contribution in [0.25, 0.3) is 11.3 Å². The molecule has 1 amide bonds. The molecule has 0 spiro atoms. The van der Waals surface area contributed by atoms with Crippen LogP contribution < -0.4 is 0 Å². The molecule has 1 aliphatic heterocycles. The molecule has 0 aliphatic carbocycles. The molecule has 1 atom stereocenters. The largest absolute Gasteiger partial charge is 0.338 e. The molecule has 0 N–H and O–H groups in total. The van der Waals surface area contributed by atoms with Crippen LogP contribution in [-0.2, 0) is 0 Å². The molecule has 0 unspecified atom stereocenters. The molecule has 1 aromatic heterocycles. The summed E-state index contributed by atoms with van der Waals surface area (Å²) in [5, 5.41) is 0. The van der Waals surface area contributed by atoms with Gasteiger partial charge in [-0.2, -0.15) is 0 Å². The van der Waals surface area contributed by atoms with Crippen LogP contribution in [0.5, 0.6) is 0 Å². The van der Waals surface area contributed by atoms with Crippen molar-refractivity contribution in [2.75, 3.05) is 13.1 Å². The van der Waals surface area contributed by atoms with Gasteiger partial charge in [0.1, 0.15) is 11.6 Å². The van der Waals surface area contributed by atoms with E-state index < -0.39 is 0 Å². The van der Waals surface area contributed by atoms with Crippen molar-refractivity contribution in [2.24, 2.45) is 0 Å². The topological polar surface area (TPSA) is 33.2 Å². The standard InChI is InChI=1S/C23H20F2N2O/c24-18-12-10-16(11-13-18)23(28)27-14-4-5-17(15-27)21-8-3-9-22(26-21)19-6-1-2-7-20(19)25/h1-3,6-13,17H,4-5,14-15H2/t17-/m1/s1. The van der Waals surface area contributed by atoms with Crippen molar-refractivity contribution in [2.45, 2.75) is 18.8 Å². The van der Waals surface area contributed by atoms with Crippen LogP contribution in [-0.4, -0.2) is 28.9 Å². The number of pyridine rings is 1. The van der Waals surface area contributed by atoms with Gasteiger partial charge in [0.15, 0.2) is 0 Å². The van der Waals surface area contributed by atoms with Gasteiger partial charge >= 0.3 is 0 Å². The fourth-order valence-corrected chi connectivity index (χ4v) is 3.68. The van der Waals surface area contributed by atoms with E-state index in [2.05, 4.69) is 4.98 Å². The number of hydrogen-bond donors (Lipinski definition) is 0. The van der Waals surface area contributed by atoms with E-state index in [4.69, 9.17) is 0 Å². The summed E-state index contributed by atoms with van der Waals surface area (Å²) in [5.41, 5.74) is 2.41.